The van der Waals surface area contributed by atoms with Crippen molar-refractivity contribution in [2.75, 3.05) is 19.7 Å². The zero-order valence-electron chi connectivity index (χ0n) is 13.0. The quantitative estimate of drug-likeness (QED) is 0.858. The largest absolute Gasteiger partial charge is 0.394 e. The molecule has 1 aromatic rings. The number of hydrogen-bond acceptors (Lipinski definition) is 4. The number of aliphatic hydroxyl groups is 1. The van der Waals surface area contributed by atoms with Crippen LogP contribution in [0.25, 0.3) is 0 Å². The fourth-order valence-electron chi connectivity index (χ4n) is 3.15. The molecule has 2 heterocycles. The molecule has 0 amide bonds. The van der Waals surface area contributed by atoms with Crippen LogP contribution in [0.3, 0.4) is 0 Å². The highest BCUT2D eigenvalue weighted by Crippen LogP contribution is 2.29. The summed E-state index contributed by atoms with van der Waals surface area (Å²) < 4.78 is 28.9. The van der Waals surface area contributed by atoms with Crippen LogP contribution in [0.2, 0.25) is 0 Å². The first kappa shape index (κ1) is 16.5. The smallest absolute Gasteiger partial charge is 0.246 e. The number of nitrogens with zero attached hydrogens (tertiary/aromatic N) is 3. The average Bonchev–Trinajstić information content (AvgIpc) is 2.97. The van der Waals surface area contributed by atoms with Gasteiger partial charge in [-0.3, -0.25) is 4.68 Å². The van der Waals surface area contributed by atoms with Crippen molar-refractivity contribution in [3.63, 3.8) is 0 Å². The van der Waals surface area contributed by atoms with Crippen LogP contribution in [0.1, 0.15) is 37.6 Å². The monoisotopic (exact) mass is 315 g/mol. The second kappa shape index (κ2) is 6.46. The molecule has 21 heavy (non-hydrogen) atoms. The molecule has 1 saturated heterocycles. The molecule has 0 bridgehead atoms. The first-order chi connectivity index (χ1) is 9.91. The Labute approximate surface area is 126 Å². The van der Waals surface area contributed by atoms with E-state index in [1.807, 2.05) is 0 Å². The van der Waals surface area contributed by atoms with Crippen LogP contribution >= 0.6 is 0 Å². The van der Waals surface area contributed by atoms with Gasteiger partial charge >= 0.3 is 0 Å². The lowest BCUT2D eigenvalue weighted by molar-refractivity contribution is 0.267. The Kier molecular flexibility index (Phi) is 5.06. The number of rotatable bonds is 6. The van der Waals surface area contributed by atoms with E-state index in [1.165, 1.54) is 0 Å². The lowest BCUT2D eigenvalue weighted by Gasteiger charge is -2.17. The molecule has 0 radical (unpaired) electrons. The molecular formula is C14H25N3O3S. The van der Waals surface area contributed by atoms with E-state index in [-0.39, 0.29) is 6.61 Å². The number of sulfonamides is 1. The molecule has 120 valence electrons. The lowest BCUT2D eigenvalue weighted by atomic mass is 10.0. The predicted octanol–water partition coefficient (Wildman–Crippen LogP) is 1.30. The van der Waals surface area contributed by atoms with Crippen LogP contribution < -0.4 is 0 Å². The highest BCUT2D eigenvalue weighted by molar-refractivity contribution is 7.89. The lowest BCUT2D eigenvalue weighted by Crippen LogP contribution is -2.29. The molecule has 0 saturated carbocycles. The second-order valence-electron chi connectivity index (χ2n) is 5.75. The minimum atomic E-state index is -3.48. The Morgan fingerprint density at radius 3 is 2.71 bits per heavy atom. The highest BCUT2D eigenvalue weighted by atomic mass is 32.2. The van der Waals surface area contributed by atoms with Crippen molar-refractivity contribution < 1.29 is 13.5 Å². The molecule has 0 spiro atoms. The number of aromatic nitrogens is 2. The third-order valence-corrected chi connectivity index (χ3v) is 6.29. The standard InChI is InChI=1S/C14H25N3O3S/c1-4-5-13-6-7-16(10-13)21(19,20)14-11(2)15-17(8-9-18)12(14)3/h13,18H,4-10H2,1-3H3. The van der Waals surface area contributed by atoms with E-state index in [0.717, 1.165) is 19.3 Å². The molecule has 1 aliphatic heterocycles. The minimum absolute atomic E-state index is 0.0518. The molecule has 6 nitrogen and oxygen atoms in total. The molecule has 1 N–H and O–H groups in total. The van der Waals surface area contributed by atoms with Crippen LogP contribution in [0.15, 0.2) is 4.90 Å². The van der Waals surface area contributed by atoms with Crippen molar-refractivity contribution in [1.29, 1.82) is 0 Å². The molecule has 2 rings (SSSR count). The van der Waals surface area contributed by atoms with E-state index in [2.05, 4.69) is 12.0 Å². The van der Waals surface area contributed by atoms with Crippen molar-refractivity contribution in [3.8, 4) is 0 Å². The Morgan fingerprint density at radius 1 is 1.38 bits per heavy atom. The molecule has 1 atom stereocenters. The van der Waals surface area contributed by atoms with Gasteiger partial charge in [-0.15, -0.1) is 0 Å². The maximum absolute atomic E-state index is 12.9. The fraction of sp³-hybridized carbons (Fsp3) is 0.786. The Morgan fingerprint density at radius 2 is 2.10 bits per heavy atom. The number of aliphatic hydroxyl groups excluding tert-OH is 1. The van der Waals surface area contributed by atoms with E-state index in [1.54, 1.807) is 22.8 Å². The molecule has 1 fully saturated rings. The average molecular weight is 315 g/mol. The van der Waals surface area contributed by atoms with Gasteiger partial charge in [0.2, 0.25) is 10.0 Å². The Balaban J connectivity index is 2.28. The molecule has 0 aliphatic carbocycles. The SMILES string of the molecule is CCCC1CCN(S(=O)(=O)c2c(C)nn(CCO)c2C)C1. The summed E-state index contributed by atoms with van der Waals surface area (Å²) in [5, 5.41) is 13.3. The third kappa shape index (κ3) is 3.14. The topological polar surface area (TPSA) is 75.4 Å². The van der Waals surface area contributed by atoms with Crippen molar-refractivity contribution in [2.45, 2.75) is 51.5 Å². The summed E-state index contributed by atoms with van der Waals surface area (Å²) in [5.74, 6) is 0.470. The minimum Gasteiger partial charge on any atom is -0.394 e. The van der Waals surface area contributed by atoms with Crippen molar-refractivity contribution in [2.24, 2.45) is 5.92 Å². The molecule has 1 aliphatic rings. The third-order valence-electron chi connectivity index (χ3n) is 4.17. The van der Waals surface area contributed by atoms with Gasteiger partial charge in [-0.2, -0.15) is 9.40 Å². The Bertz CT molecular complexity index is 595. The summed E-state index contributed by atoms with van der Waals surface area (Å²) in [7, 11) is -3.48. The van der Waals surface area contributed by atoms with Gasteiger partial charge < -0.3 is 5.11 Å². The van der Waals surface area contributed by atoms with Crippen LogP contribution in [0.4, 0.5) is 0 Å². The Hall–Kier alpha value is -0.920. The van der Waals surface area contributed by atoms with Gasteiger partial charge in [-0.25, -0.2) is 8.42 Å². The van der Waals surface area contributed by atoms with Crippen LogP contribution in [-0.4, -0.2) is 47.3 Å². The van der Waals surface area contributed by atoms with Crippen molar-refractivity contribution in [3.05, 3.63) is 11.4 Å². The zero-order valence-corrected chi connectivity index (χ0v) is 13.9. The van der Waals surface area contributed by atoms with Crippen molar-refractivity contribution >= 4 is 10.0 Å². The number of aryl methyl sites for hydroxylation is 1. The van der Waals surface area contributed by atoms with Gasteiger partial charge in [0.15, 0.2) is 0 Å². The van der Waals surface area contributed by atoms with E-state index >= 15 is 0 Å². The van der Waals surface area contributed by atoms with Gasteiger partial charge in [0.1, 0.15) is 4.90 Å². The van der Waals surface area contributed by atoms with Gasteiger partial charge in [0.05, 0.1) is 24.5 Å². The van der Waals surface area contributed by atoms with Gasteiger partial charge in [-0.05, 0) is 32.6 Å². The summed E-state index contributed by atoms with van der Waals surface area (Å²) in [5.41, 5.74) is 1.13. The summed E-state index contributed by atoms with van der Waals surface area (Å²) >= 11 is 0. The summed E-state index contributed by atoms with van der Waals surface area (Å²) in [6, 6.07) is 0. The highest BCUT2D eigenvalue weighted by Gasteiger charge is 2.35. The summed E-state index contributed by atoms with van der Waals surface area (Å²) in [6.45, 7) is 7.07. The maximum Gasteiger partial charge on any atom is 0.246 e. The first-order valence-corrected chi connectivity index (χ1v) is 9.00. The molecule has 1 unspecified atom stereocenters. The second-order valence-corrected chi connectivity index (χ2v) is 7.63. The molecule has 7 heteroatoms. The van der Waals surface area contributed by atoms with E-state index < -0.39 is 10.0 Å². The van der Waals surface area contributed by atoms with Crippen LogP contribution in [0.5, 0.6) is 0 Å². The van der Waals surface area contributed by atoms with E-state index in [0.29, 0.717) is 41.8 Å². The molecular weight excluding hydrogens is 290 g/mol. The zero-order chi connectivity index (χ0) is 15.6. The van der Waals surface area contributed by atoms with Gasteiger partial charge in [-0.1, -0.05) is 13.3 Å². The van der Waals surface area contributed by atoms with Gasteiger partial charge in [0, 0.05) is 13.1 Å². The van der Waals surface area contributed by atoms with Crippen LogP contribution in [-0.2, 0) is 16.6 Å². The summed E-state index contributed by atoms with van der Waals surface area (Å²) in [4.78, 5) is 0.313. The van der Waals surface area contributed by atoms with E-state index in [9.17, 15) is 8.42 Å². The van der Waals surface area contributed by atoms with Crippen LogP contribution in [0, 0.1) is 19.8 Å². The predicted molar refractivity (Wildman–Crippen MR) is 80.6 cm³/mol. The van der Waals surface area contributed by atoms with Gasteiger partial charge in [0.25, 0.3) is 0 Å². The maximum atomic E-state index is 12.9. The normalized spacial score (nSPS) is 20.3. The van der Waals surface area contributed by atoms with Crippen molar-refractivity contribution in [1.82, 2.24) is 14.1 Å². The molecule has 1 aromatic heterocycles. The summed E-state index contributed by atoms with van der Waals surface area (Å²) in [6.07, 6.45) is 3.11. The number of hydrogen-bond donors (Lipinski definition) is 1. The van der Waals surface area contributed by atoms with E-state index in [4.69, 9.17) is 5.11 Å². The first-order valence-electron chi connectivity index (χ1n) is 7.56. The molecule has 0 aromatic carbocycles. The fourth-order valence-corrected chi connectivity index (χ4v) is 5.06.